The summed E-state index contributed by atoms with van der Waals surface area (Å²) in [5.41, 5.74) is 6.27. The Morgan fingerprint density at radius 3 is 1.81 bits per heavy atom. The number of carbonyl (C=O) groups is 3. The molecule has 2 aliphatic rings. The van der Waals surface area contributed by atoms with E-state index in [0.717, 1.165) is 49.2 Å². The molecule has 2 aromatic carbocycles. The zero-order valence-corrected chi connectivity index (χ0v) is 27.1. The normalized spacial score (nSPS) is 14.3. The van der Waals surface area contributed by atoms with E-state index >= 15 is 0 Å². The van der Waals surface area contributed by atoms with Crippen LogP contribution in [0.5, 0.6) is 0 Å². The second-order valence-electron chi connectivity index (χ2n) is 13.2. The molecule has 0 spiro atoms. The van der Waals surface area contributed by atoms with Gasteiger partial charge in [-0.2, -0.15) is 0 Å². The Kier molecular flexibility index (Phi) is 11.4. The van der Waals surface area contributed by atoms with Crippen LogP contribution in [0, 0.1) is 0 Å². The fourth-order valence-electron chi connectivity index (χ4n) is 4.79. The Hall–Kier alpha value is -3.79. The van der Waals surface area contributed by atoms with Crippen LogP contribution in [0.25, 0.3) is 0 Å². The van der Waals surface area contributed by atoms with Crippen LogP contribution >= 0.6 is 0 Å². The Morgan fingerprint density at radius 2 is 1.30 bits per heavy atom. The Balaban J connectivity index is 0.000000242. The maximum absolute atomic E-state index is 12.1. The van der Waals surface area contributed by atoms with E-state index in [1.807, 2.05) is 52.5 Å². The maximum Gasteiger partial charge on any atom is 0.407 e. The number of fused-ring (bicyclic) bond motifs is 2. The molecular weight excluding hydrogens is 546 g/mol. The lowest BCUT2D eigenvalue weighted by Crippen LogP contribution is -2.42. The molecule has 2 aromatic rings. The van der Waals surface area contributed by atoms with Gasteiger partial charge in [-0.25, -0.2) is 14.4 Å². The Morgan fingerprint density at radius 1 is 0.791 bits per heavy atom. The van der Waals surface area contributed by atoms with E-state index in [-0.39, 0.29) is 12.1 Å². The van der Waals surface area contributed by atoms with Gasteiger partial charge in [0.15, 0.2) is 0 Å². The minimum absolute atomic E-state index is 0.0259. The SMILES string of the molecule is CC(C)(C)OC(=O)NCc1ccc2c(c1)CNCC2.CN(C)C(=O)N1CCc2ccc(CNC(=O)OC(C)(C)C)cc2C1. The van der Waals surface area contributed by atoms with Crippen molar-refractivity contribution in [3.63, 3.8) is 0 Å². The number of alkyl carbamates (subject to hydrolysis) is 2. The molecule has 43 heavy (non-hydrogen) atoms. The number of ether oxygens (including phenoxy) is 2. The summed E-state index contributed by atoms with van der Waals surface area (Å²) in [5.74, 6) is 0. The van der Waals surface area contributed by atoms with Gasteiger partial charge < -0.3 is 35.2 Å². The lowest BCUT2D eigenvalue weighted by Gasteiger charge is -2.31. The van der Waals surface area contributed by atoms with E-state index in [4.69, 9.17) is 9.47 Å². The lowest BCUT2D eigenvalue weighted by atomic mass is 9.97. The summed E-state index contributed by atoms with van der Waals surface area (Å²) in [6.45, 7) is 15.3. The average Bonchev–Trinajstić information content (AvgIpc) is 2.92. The lowest BCUT2D eigenvalue weighted by molar-refractivity contribution is 0.0512. The van der Waals surface area contributed by atoms with Crippen molar-refractivity contribution < 1.29 is 23.9 Å². The molecule has 0 fully saturated rings. The standard InChI is InChI=1S/C18H27N3O3.C15H22N2O2/c1-18(2,3)24-16(22)19-11-13-6-7-14-8-9-21(12-15(14)10-13)17(23)20(4)5;1-15(2,3)19-14(18)17-9-11-4-5-12-6-7-16-10-13(12)8-11/h6-7,10H,8-9,11-12H2,1-5H3,(H,19,22);4-5,8,16H,6-7,9-10H2,1-3H3,(H,17,18). The number of hydrogen-bond donors (Lipinski definition) is 3. The zero-order chi connectivity index (χ0) is 31.8. The number of rotatable bonds is 4. The number of benzene rings is 2. The molecule has 0 unspecified atom stereocenters. The molecular formula is C33H49N5O5. The fraction of sp³-hybridized carbons (Fsp3) is 0.545. The number of urea groups is 1. The first-order valence-corrected chi connectivity index (χ1v) is 14.9. The predicted octanol–water partition coefficient (Wildman–Crippen LogP) is 5.11. The monoisotopic (exact) mass is 595 g/mol. The van der Waals surface area contributed by atoms with Gasteiger partial charge in [0, 0.05) is 46.8 Å². The van der Waals surface area contributed by atoms with Crippen LogP contribution in [-0.4, -0.2) is 66.4 Å². The van der Waals surface area contributed by atoms with Crippen LogP contribution in [0.4, 0.5) is 14.4 Å². The summed E-state index contributed by atoms with van der Waals surface area (Å²) < 4.78 is 10.4. The third kappa shape index (κ3) is 11.4. The van der Waals surface area contributed by atoms with Crippen molar-refractivity contribution in [2.45, 2.75) is 91.8 Å². The zero-order valence-electron chi connectivity index (χ0n) is 27.1. The summed E-state index contributed by atoms with van der Waals surface area (Å²) in [4.78, 5) is 38.9. The molecule has 0 saturated heterocycles. The number of nitrogens with one attached hydrogen (secondary N) is 3. The quantitative estimate of drug-likeness (QED) is 0.453. The molecule has 0 bridgehead atoms. The van der Waals surface area contributed by atoms with E-state index in [1.54, 1.807) is 19.0 Å². The highest BCUT2D eigenvalue weighted by molar-refractivity contribution is 5.74. The molecule has 236 valence electrons. The molecule has 2 heterocycles. The molecule has 0 aliphatic carbocycles. The number of amides is 4. The predicted molar refractivity (Wildman–Crippen MR) is 168 cm³/mol. The van der Waals surface area contributed by atoms with Crippen LogP contribution in [0.2, 0.25) is 0 Å². The molecule has 4 rings (SSSR count). The molecule has 4 amide bonds. The molecule has 10 heteroatoms. The van der Waals surface area contributed by atoms with Crippen molar-refractivity contribution in [1.82, 2.24) is 25.8 Å². The van der Waals surface area contributed by atoms with E-state index < -0.39 is 17.3 Å². The maximum atomic E-state index is 12.1. The fourth-order valence-corrected chi connectivity index (χ4v) is 4.79. The van der Waals surface area contributed by atoms with E-state index in [2.05, 4.69) is 46.3 Å². The van der Waals surface area contributed by atoms with Crippen LogP contribution in [0.3, 0.4) is 0 Å². The van der Waals surface area contributed by atoms with Crippen molar-refractivity contribution in [1.29, 1.82) is 0 Å². The van der Waals surface area contributed by atoms with Gasteiger partial charge in [-0.15, -0.1) is 0 Å². The first-order valence-electron chi connectivity index (χ1n) is 14.9. The largest absolute Gasteiger partial charge is 0.444 e. The first kappa shape index (κ1) is 33.7. The second-order valence-corrected chi connectivity index (χ2v) is 13.2. The summed E-state index contributed by atoms with van der Waals surface area (Å²) in [7, 11) is 3.53. The van der Waals surface area contributed by atoms with Gasteiger partial charge in [-0.3, -0.25) is 0 Å². The van der Waals surface area contributed by atoms with Gasteiger partial charge in [0.05, 0.1) is 0 Å². The summed E-state index contributed by atoms with van der Waals surface area (Å²) >= 11 is 0. The van der Waals surface area contributed by atoms with Gasteiger partial charge in [0.25, 0.3) is 0 Å². The third-order valence-corrected chi connectivity index (χ3v) is 6.76. The highest BCUT2D eigenvalue weighted by Crippen LogP contribution is 2.21. The van der Waals surface area contributed by atoms with Crippen LogP contribution < -0.4 is 16.0 Å². The number of carbonyl (C=O) groups excluding carboxylic acids is 3. The van der Waals surface area contributed by atoms with Gasteiger partial charge in [-0.05, 0) is 94.3 Å². The number of hydrogen-bond acceptors (Lipinski definition) is 6. The van der Waals surface area contributed by atoms with E-state index in [0.29, 0.717) is 19.6 Å². The smallest absolute Gasteiger partial charge is 0.407 e. The molecule has 0 radical (unpaired) electrons. The van der Waals surface area contributed by atoms with Crippen molar-refractivity contribution in [2.75, 3.05) is 27.2 Å². The molecule has 0 saturated carbocycles. The molecule has 0 aromatic heterocycles. The highest BCUT2D eigenvalue weighted by Gasteiger charge is 2.22. The van der Waals surface area contributed by atoms with Gasteiger partial charge in [0.2, 0.25) is 0 Å². The van der Waals surface area contributed by atoms with Crippen LogP contribution in [-0.2, 0) is 48.5 Å². The van der Waals surface area contributed by atoms with E-state index in [9.17, 15) is 14.4 Å². The minimum Gasteiger partial charge on any atom is -0.444 e. The molecule has 2 aliphatic heterocycles. The molecule has 3 N–H and O–H groups in total. The van der Waals surface area contributed by atoms with Crippen LogP contribution in [0.15, 0.2) is 36.4 Å². The summed E-state index contributed by atoms with van der Waals surface area (Å²) in [6, 6.07) is 12.6. The first-order chi connectivity index (χ1) is 20.1. The van der Waals surface area contributed by atoms with Crippen molar-refractivity contribution >= 4 is 18.2 Å². The molecule has 0 atom stereocenters. The minimum atomic E-state index is -0.507. The van der Waals surface area contributed by atoms with E-state index in [1.165, 1.54) is 16.7 Å². The van der Waals surface area contributed by atoms with Crippen molar-refractivity contribution in [3.05, 3.63) is 69.8 Å². The topological polar surface area (TPSA) is 112 Å². The summed E-state index contributed by atoms with van der Waals surface area (Å²) in [5, 5.41) is 8.90. The Labute approximate surface area is 256 Å². The van der Waals surface area contributed by atoms with Gasteiger partial charge in [0.1, 0.15) is 11.2 Å². The van der Waals surface area contributed by atoms with Crippen molar-refractivity contribution in [3.8, 4) is 0 Å². The van der Waals surface area contributed by atoms with Gasteiger partial charge >= 0.3 is 18.2 Å². The van der Waals surface area contributed by atoms with Gasteiger partial charge in [-0.1, -0.05) is 36.4 Å². The highest BCUT2D eigenvalue weighted by atomic mass is 16.6. The second kappa shape index (κ2) is 14.6. The molecule has 10 nitrogen and oxygen atoms in total. The third-order valence-electron chi connectivity index (χ3n) is 6.76. The number of nitrogens with zero attached hydrogens (tertiary/aromatic N) is 2. The van der Waals surface area contributed by atoms with Crippen molar-refractivity contribution in [2.24, 2.45) is 0 Å². The van der Waals surface area contributed by atoms with Crippen LogP contribution in [0.1, 0.15) is 74.9 Å². The summed E-state index contributed by atoms with van der Waals surface area (Å²) in [6.07, 6.45) is 1.14. The Bertz CT molecular complexity index is 1280. The average molecular weight is 596 g/mol.